The van der Waals surface area contributed by atoms with Gasteiger partial charge in [0.15, 0.2) is 0 Å². The minimum atomic E-state index is -4.62. The van der Waals surface area contributed by atoms with E-state index in [-0.39, 0.29) is 11.4 Å². The van der Waals surface area contributed by atoms with Crippen molar-refractivity contribution in [3.63, 3.8) is 0 Å². The van der Waals surface area contributed by atoms with Gasteiger partial charge in [0.2, 0.25) is 5.88 Å². The monoisotopic (exact) mass is 480 g/mol. The molecule has 34 heavy (non-hydrogen) atoms. The molecule has 0 spiro atoms. The van der Waals surface area contributed by atoms with Crippen LogP contribution in [0, 0.1) is 0 Å². The Hall–Kier alpha value is -3.31. The van der Waals surface area contributed by atoms with E-state index in [1.165, 1.54) is 6.20 Å². The second-order valence-electron chi connectivity index (χ2n) is 9.32. The van der Waals surface area contributed by atoms with Crippen molar-refractivity contribution in [3.8, 4) is 17.1 Å². The van der Waals surface area contributed by atoms with Crippen LogP contribution in [0.25, 0.3) is 16.8 Å². The fourth-order valence-electron chi connectivity index (χ4n) is 3.81. The van der Waals surface area contributed by atoms with Gasteiger partial charge in [-0.05, 0) is 33.6 Å². The van der Waals surface area contributed by atoms with E-state index in [9.17, 15) is 18.0 Å². The van der Waals surface area contributed by atoms with Crippen molar-refractivity contribution in [1.82, 2.24) is 29.3 Å². The third-order valence-electron chi connectivity index (χ3n) is 5.38. The molecule has 0 saturated carbocycles. The van der Waals surface area contributed by atoms with Gasteiger partial charge in [0, 0.05) is 38.3 Å². The van der Waals surface area contributed by atoms with Crippen LogP contribution in [0.5, 0.6) is 5.88 Å². The molecule has 9 nitrogen and oxygen atoms in total. The molecule has 3 aromatic heterocycles. The molecule has 0 unspecified atom stereocenters. The van der Waals surface area contributed by atoms with E-state index >= 15 is 0 Å². The smallest absolute Gasteiger partial charge is 0.420 e. The van der Waals surface area contributed by atoms with Gasteiger partial charge in [-0.2, -0.15) is 23.4 Å². The van der Waals surface area contributed by atoms with Gasteiger partial charge in [0.1, 0.15) is 22.8 Å². The fraction of sp³-hybridized carbons (Fsp3) is 0.545. The first-order valence-corrected chi connectivity index (χ1v) is 11.0. The van der Waals surface area contributed by atoms with E-state index in [4.69, 9.17) is 9.47 Å². The lowest BCUT2D eigenvalue weighted by Crippen LogP contribution is -2.37. The van der Waals surface area contributed by atoms with Gasteiger partial charge in [-0.1, -0.05) is 0 Å². The number of amides is 1. The van der Waals surface area contributed by atoms with E-state index in [0.29, 0.717) is 43.6 Å². The van der Waals surface area contributed by atoms with E-state index in [2.05, 4.69) is 15.2 Å². The Morgan fingerprint density at radius 3 is 2.50 bits per heavy atom. The molecule has 1 aliphatic heterocycles. The predicted molar refractivity (Wildman–Crippen MR) is 116 cm³/mol. The van der Waals surface area contributed by atoms with Gasteiger partial charge in [-0.3, -0.25) is 4.68 Å². The average molecular weight is 480 g/mol. The maximum Gasteiger partial charge on any atom is 0.420 e. The molecular formula is C22H27F3N6O3. The number of aryl methyl sites for hydroxylation is 1. The maximum atomic E-state index is 13.7. The SMILES string of the molecule is Cn1cc(-c2cn3ncc(C(F)(F)F)c3c(O[C@@H]3CCCN(C(=O)OC(C)(C)C)CC3)n2)cn1. The zero-order chi connectivity index (χ0) is 24.7. The summed E-state index contributed by atoms with van der Waals surface area (Å²) in [4.78, 5) is 18.5. The number of likely N-dealkylation sites (tertiary alicyclic amines) is 1. The minimum Gasteiger partial charge on any atom is -0.473 e. The molecule has 1 aliphatic rings. The summed E-state index contributed by atoms with van der Waals surface area (Å²) in [6.45, 7) is 6.23. The zero-order valence-corrected chi connectivity index (χ0v) is 19.5. The van der Waals surface area contributed by atoms with Crippen LogP contribution in [-0.2, 0) is 18.0 Å². The molecule has 1 amide bonds. The van der Waals surface area contributed by atoms with Crippen molar-refractivity contribution in [2.45, 2.75) is 57.9 Å². The average Bonchev–Trinajstić information content (AvgIpc) is 3.28. The van der Waals surface area contributed by atoms with Crippen LogP contribution in [0.1, 0.15) is 45.6 Å². The van der Waals surface area contributed by atoms with Crippen molar-refractivity contribution in [1.29, 1.82) is 0 Å². The number of ether oxygens (including phenoxy) is 2. The lowest BCUT2D eigenvalue weighted by molar-refractivity contribution is -0.136. The standard InChI is InChI=1S/C22H27F3N6O3/c1-21(2,3)34-20(32)30-8-5-6-15(7-9-30)33-19-18-16(22(23,24)25)11-27-31(18)13-17(28-19)14-10-26-29(4)12-14/h10-13,15H,5-9H2,1-4H3/t15-/m1/s1. The first kappa shape index (κ1) is 23.8. The highest BCUT2D eigenvalue weighted by Crippen LogP contribution is 2.37. The number of hydrogen-bond donors (Lipinski definition) is 0. The maximum absolute atomic E-state index is 13.7. The number of rotatable bonds is 3. The number of hydrogen-bond acceptors (Lipinski definition) is 6. The number of nitrogens with zero attached hydrogens (tertiary/aromatic N) is 6. The Kier molecular flexibility index (Phi) is 6.17. The van der Waals surface area contributed by atoms with E-state index in [0.717, 1.165) is 10.7 Å². The fourth-order valence-corrected chi connectivity index (χ4v) is 3.81. The Labute approximate surface area is 194 Å². The molecule has 0 aromatic carbocycles. The van der Waals surface area contributed by atoms with Gasteiger partial charge >= 0.3 is 12.3 Å². The Balaban J connectivity index is 1.62. The quantitative estimate of drug-likeness (QED) is 0.555. The summed E-state index contributed by atoms with van der Waals surface area (Å²) in [5.41, 5.74) is -0.769. The van der Waals surface area contributed by atoms with Gasteiger partial charge in [-0.15, -0.1) is 0 Å². The highest BCUT2D eigenvalue weighted by molar-refractivity contribution is 5.69. The van der Waals surface area contributed by atoms with E-state index < -0.39 is 29.5 Å². The van der Waals surface area contributed by atoms with Gasteiger partial charge in [-0.25, -0.2) is 14.3 Å². The number of fused-ring (bicyclic) bond motifs is 1. The Morgan fingerprint density at radius 2 is 1.85 bits per heavy atom. The molecule has 0 aliphatic carbocycles. The summed E-state index contributed by atoms with van der Waals surface area (Å²) in [6.07, 6.45) is 1.61. The minimum absolute atomic E-state index is 0.151. The molecule has 3 aromatic rings. The summed E-state index contributed by atoms with van der Waals surface area (Å²) in [6, 6.07) is 0. The van der Waals surface area contributed by atoms with E-state index in [1.807, 2.05) is 0 Å². The van der Waals surface area contributed by atoms with Gasteiger partial charge in [0.25, 0.3) is 0 Å². The zero-order valence-electron chi connectivity index (χ0n) is 19.5. The summed E-state index contributed by atoms with van der Waals surface area (Å²) in [5.74, 6) is -0.151. The lowest BCUT2D eigenvalue weighted by Gasteiger charge is -2.26. The summed E-state index contributed by atoms with van der Waals surface area (Å²) in [5, 5.41) is 8.00. The predicted octanol–water partition coefficient (Wildman–Crippen LogP) is 4.32. The van der Waals surface area contributed by atoms with Crippen molar-refractivity contribution < 1.29 is 27.4 Å². The molecule has 4 heterocycles. The second kappa shape index (κ2) is 8.80. The molecule has 0 radical (unpaired) electrons. The van der Waals surface area contributed by atoms with Crippen LogP contribution in [0.4, 0.5) is 18.0 Å². The van der Waals surface area contributed by atoms with E-state index in [1.54, 1.807) is 49.8 Å². The third-order valence-corrected chi connectivity index (χ3v) is 5.38. The molecular weight excluding hydrogens is 453 g/mol. The number of aromatic nitrogens is 5. The van der Waals surface area contributed by atoms with Crippen LogP contribution in [0.2, 0.25) is 0 Å². The molecule has 1 atom stereocenters. The lowest BCUT2D eigenvalue weighted by atomic mass is 10.1. The number of carbonyl (C=O) groups excluding carboxylic acids is 1. The summed E-state index contributed by atoms with van der Waals surface area (Å²) >= 11 is 0. The second-order valence-corrected chi connectivity index (χ2v) is 9.32. The van der Waals surface area contributed by atoms with Crippen molar-refractivity contribution in [2.75, 3.05) is 13.1 Å². The summed E-state index contributed by atoms with van der Waals surface area (Å²) in [7, 11) is 1.73. The largest absolute Gasteiger partial charge is 0.473 e. The van der Waals surface area contributed by atoms with Crippen LogP contribution < -0.4 is 4.74 Å². The molecule has 4 rings (SSSR count). The highest BCUT2D eigenvalue weighted by Gasteiger charge is 2.37. The van der Waals surface area contributed by atoms with Crippen LogP contribution >= 0.6 is 0 Å². The van der Waals surface area contributed by atoms with Gasteiger partial charge in [0.05, 0.1) is 24.3 Å². The molecule has 0 bridgehead atoms. The highest BCUT2D eigenvalue weighted by atomic mass is 19.4. The third kappa shape index (κ3) is 5.26. The van der Waals surface area contributed by atoms with Gasteiger partial charge < -0.3 is 14.4 Å². The molecule has 1 saturated heterocycles. The first-order valence-electron chi connectivity index (χ1n) is 11.0. The first-order chi connectivity index (χ1) is 15.9. The molecule has 1 fully saturated rings. The van der Waals surface area contributed by atoms with Crippen molar-refractivity contribution >= 4 is 11.6 Å². The normalized spacial score (nSPS) is 17.6. The Bertz CT molecular complexity index is 1180. The van der Waals surface area contributed by atoms with Crippen LogP contribution in [-0.4, -0.2) is 60.2 Å². The van der Waals surface area contributed by atoms with Crippen molar-refractivity contribution in [2.24, 2.45) is 7.05 Å². The molecule has 0 N–H and O–H groups in total. The van der Waals surface area contributed by atoms with Crippen LogP contribution in [0.15, 0.2) is 24.8 Å². The molecule has 184 valence electrons. The number of halogens is 3. The molecule has 12 heteroatoms. The number of carbonyl (C=O) groups is 1. The summed E-state index contributed by atoms with van der Waals surface area (Å²) < 4.78 is 55.2. The number of alkyl halides is 3. The topological polar surface area (TPSA) is 86.8 Å². The van der Waals surface area contributed by atoms with Crippen LogP contribution in [0.3, 0.4) is 0 Å². The van der Waals surface area contributed by atoms with Crippen molar-refractivity contribution in [3.05, 3.63) is 30.4 Å². The Morgan fingerprint density at radius 1 is 1.09 bits per heavy atom.